The maximum Gasteiger partial charge on any atom is 0.410 e. The van der Waals surface area contributed by atoms with Crippen LogP contribution in [0, 0.1) is 0 Å². The van der Waals surface area contributed by atoms with Crippen molar-refractivity contribution in [3.63, 3.8) is 0 Å². The average molecular weight is 710 g/mol. The highest BCUT2D eigenvalue weighted by Gasteiger charge is 2.54. The van der Waals surface area contributed by atoms with Gasteiger partial charge in [0.05, 0.1) is 31.0 Å². The summed E-state index contributed by atoms with van der Waals surface area (Å²) in [5, 5.41) is -0.203. The summed E-state index contributed by atoms with van der Waals surface area (Å²) < 4.78 is 33.3. The number of carbonyl (C=O) groups is 2. The van der Waals surface area contributed by atoms with Crippen molar-refractivity contribution < 1.29 is 32.3 Å². The first-order valence-corrected chi connectivity index (χ1v) is 26.1. The molecule has 1 aliphatic rings. The molecule has 1 amide bonds. The SMILES string of the molecule is CC(=O)OCC[C@@H](O[Si](C)(C)C(C)(C)C)[C@H](O[Si](C)(C)C(C)(C)C)[C@H]1[C@@H](O[Si](C)(C)C(C)(C)C)CCN1C(=O)OCc1ccccc1. The molecule has 0 radical (unpaired) electrons. The van der Waals surface area contributed by atoms with Crippen LogP contribution in [0.15, 0.2) is 30.3 Å². The number of hydrogen-bond acceptors (Lipinski definition) is 7. The molecule has 4 atom stereocenters. The van der Waals surface area contributed by atoms with E-state index in [-0.39, 0.29) is 46.5 Å². The molecule has 0 saturated carbocycles. The van der Waals surface area contributed by atoms with Crippen LogP contribution in [0.5, 0.6) is 0 Å². The third-order valence-corrected chi connectivity index (χ3v) is 24.5. The number of rotatable bonds is 13. The lowest BCUT2D eigenvalue weighted by atomic mass is 9.99. The quantitative estimate of drug-likeness (QED) is 0.149. The van der Waals surface area contributed by atoms with Crippen LogP contribution < -0.4 is 0 Å². The van der Waals surface area contributed by atoms with E-state index in [1.54, 1.807) is 0 Å². The molecule has 47 heavy (non-hydrogen) atoms. The molecular formula is C36H67NO7Si3. The van der Waals surface area contributed by atoms with Crippen LogP contribution in [0.3, 0.4) is 0 Å². The van der Waals surface area contributed by atoms with E-state index in [2.05, 4.69) is 102 Å². The van der Waals surface area contributed by atoms with Crippen LogP contribution in [0.1, 0.15) is 87.6 Å². The van der Waals surface area contributed by atoms with E-state index in [0.717, 1.165) is 5.56 Å². The van der Waals surface area contributed by atoms with Gasteiger partial charge in [-0.3, -0.25) is 9.69 Å². The van der Waals surface area contributed by atoms with Gasteiger partial charge >= 0.3 is 12.1 Å². The van der Waals surface area contributed by atoms with Crippen LogP contribution in [0.2, 0.25) is 54.4 Å². The molecule has 0 aliphatic carbocycles. The molecule has 8 nitrogen and oxygen atoms in total. The molecule has 0 N–H and O–H groups in total. The van der Waals surface area contributed by atoms with E-state index < -0.39 is 43.2 Å². The Hall–Kier alpha value is -1.51. The molecule has 11 heteroatoms. The number of hydrogen-bond donors (Lipinski definition) is 0. The highest BCUT2D eigenvalue weighted by Crippen LogP contribution is 2.45. The summed E-state index contributed by atoms with van der Waals surface area (Å²) in [6.07, 6.45) is -0.498. The second-order valence-corrected chi connectivity index (χ2v) is 32.1. The number of esters is 1. The fourth-order valence-corrected chi connectivity index (χ4v) is 8.98. The molecule has 1 fully saturated rings. The highest BCUT2D eigenvalue weighted by molar-refractivity contribution is 6.75. The molecule has 270 valence electrons. The van der Waals surface area contributed by atoms with Gasteiger partial charge in [-0.2, -0.15) is 0 Å². The summed E-state index contributed by atoms with van der Waals surface area (Å²) in [4.78, 5) is 27.9. The van der Waals surface area contributed by atoms with Crippen LogP contribution in [0.25, 0.3) is 0 Å². The van der Waals surface area contributed by atoms with Gasteiger partial charge in [-0.1, -0.05) is 92.6 Å². The predicted octanol–water partition coefficient (Wildman–Crippen LogP) is 9.52. The number of carbonyl (C=O) groups excluding carboxylic acids is 2. The molecule has 0 unspecified atom stereocenters. The topological polar surface area (TPSA) is 83.5 Å². The van der Waals surface area contributed by atoms with Gasteiger partial charge in [0.15, 0.2) is 25.0 Å². The van der Waals surface area contributed by atoms with Gasteiger partial charge in [0, 0.05) is 19.9 Å². The Kier molecular flexibility index (Phi) is 13.8. The van der Waals surface area contributed by atoms with E-state index >= 15 is 0 Å². The molecule has 0 bridgehead atoms. The molecule has 1 heterocycles. The number of ether oxygens (including phenoxy) is 2. The summed E-state index contributed by atoms with van der Waals surface area (Å²) in [5.41, 5.74) is 0.931. The fraction of sp³-hybridized carbons (Fsp3) is 0.778. The van der Waals surface area contributed by atoms with Crippen LogP contribution >= 0.6 is 0 Å². The molecule has 1 aromatic rings. The Labute approximate surface area is 290 Å². The third-order valence-electron chi connectivity index (χ3n) is 11.0. The minimum absolute atomic E-state index is 0.0268. The van der Waals surface area contributed by atoms with Crippen LogP contribution in [-0.2, 0) is 34.2 Å². The van der Waals surface area contributed by atoms with Gasteiger partial charge in [-0.15, -0.1) is 0 Å². The normalized spacial score (nSPS) is 19.8. The van der Waals surface area contributed by atoms with Crippen molar-refractivity contribution in [1.82, 2.24) is 4.90 Å². The van der Waals surface area contributed by atoms with Crippen molar-refractivity contribution >= 4 is 37.0 Å². The minimum atomic E-state index is -2.44. The zero-order valence-electron chi connectivity index (χ0n) is 32.5. The largest absolute Gasteiger partial charge is 0.466 e. The zero-order chi connectivity index (χ0) is 36.2. The summed E-state index contributed by atoms with van der Waals surface area (Å²) >= 11 is 0. The zero-order valence-corrected chi connectivity index (χ0v) is 35.5. The number of nitrogens with zero attached hydrogens (tertiary/aromatic N) is 1. The van der Waals surface area contributed by atoms with Crippen molar-refractivity contribution in [2.24, 2.45) is 0 Å². The Morgan fingerprint density at radius 2 is 1.30 bits per heavy atom. The second-order valence-electron chi connectivity index (χ2n) is 17.8. The standard InChI is InChI=1S/C36H67NO7Si3/c1-27(38)40-25-23-30(43-46(13,14)35(5,6)7)32(44-47(15,16)36(8,9)10)31-29(42-45(11,12)34(2,3)4)22-24-37(31)33(39)41-26-28-20-18-17-19-21-28/h17-21,29-32H,22-26H2,1-16H3/t29-,30+,31+,32-/m0/s1. The Bertz CT molecular complexity index is 1170. The van der Waals surface area contributed by atoms with Gasteiger partial charge in [0.2, 0.25) is 0 Å². The number of amides is 1. The Morgan fingerprint density at radius 3 is 1.79 bits per heavy atom. The van der Waals surface area contributed by atoms with E-state index in [0.29, 0.717) is 19.4 Å². The first-order chi connectivity index (χ1) is 21.2. The molecular weight excluding hydrogens is 643 g/mol. The molecule has 0 spiro atoms. The van der Waals surface area contributed by atoms with Crippen LogP contribution in [-0.4, -0.2) is 79.4 Å². The van der Waals surface area contributed by atoms with Gasteiger partial charge < -0.3 is 22.8 Å². The van der Waals surface area contributed by atoms with Crippen molar-refractivity contribution in [3.05, 3.63) is 35.9 Å². The molecule has 1 aliphatic heterocycles. The highest BCUT2D eigenvalue weighted by atomic mass is 28.4. The lowest BCUT2D eigenvalue weighted by Gasteiger charge is -2.49. The summed E-state index contributed by atoms with van der Waals surface area (Å²) in [6, 6.07) is 9.30. The van der Waals surface area contributed by atoms with Crippen molar-refractivity contribution in [1.29, 1.82) is 0 Å². The molecule has 0 aromatic heterocycles. The maximum atomic E-state index is 14.1. The van der Waals surface area contributed by atoms with Crippen LogP contribution in [0.4, 0.5) is 4.79 Å². The van der Waals surface area contributed by atoms with Gasteiger partial charge in [-0.25, -0.2) is 4.79 Å². The summed E-state index contributed by atoms with van der Waals surface area (Å²) in [7, 11) is -7.06. The fourth-order valence-electron chi connectivity index (χ4n) is 4.92. The molecule has 2 rings (SSSR count). The van der Waals surface area contributed by atoms with Crippen molar-refractivity contribution in [2.45, 2.75) is 167 Å². The molecule has 1 saturated heterocycles. The number of likely N-dealkylation sites (tertiary alicyclic amines) is 1. The maximum absolute atomic E-state index is 14.1. The van der Waals surface area contributed by atoms with E-state index in [4.69, 9.17) is 22.8 Å². The first kappa shape index (κ1) is 41.7. The number of benzene rings is 1. The van der Waals surface area contributed by atoms with Gasteiger partial charge in [-0.05, 0) is 66.4 Å². The third kappa shape index (κ3) is 11.3. The molecule has 1 aromatic carbocycles. The lowest BCUT2D eigenvalue weighted by Crippen LogP contribution is -2.61. The summed E-state index contributed by atoms with van der Waals surface area (Å²) in [6.45, 7) is 35.8. The van der Waals surface area contributed by atoms with E-state index in [9.17, 15) is 9.59 Å². The van der Waals surface area contributed by atoms with Gasteiger partial charge in [0.1, 0.15) is 6.61 Å². The minimum Gasteiger partial charge on any atom is -0.466 e. The smallest absolute Gasteiger partial charge is 0.410 e. The Balaban J connectivity index is 2.74. The van der Waals surface area contributed by atoms with Crippen molar-refractivity contribution in [2.75, 3.05) is 13.2 Å². The average Bonchev–Trinajstić information content (AvgIpc) is 3.30. The predicted molar refractivity (Wildman–Crippen MR) is 199 cm³/mol. The van der Waals surface area contributed by atoms with E-state index in [1.165, 1.54) is 6.92 Å². The monoisotopic (exact) mass is 709 g/mol. The van der Waals surface area contributed by atoms with Crippen molar-refractivity contribution in [3.8, 4) is 0 Å². The lowest BCUT2D eigenvalue weighted by molar-refractivity contribution is -0.142. The summed E-state index contributed by atoms with van der Waals surface area (Å²) in [5.74, 6) is -0.330. The Morgan fingerprint density at radius 1 is 0.787 bits per heavy atom. The van der Waals surface area contributed by atoms with Gasteiger partial charge in [0.25, 0.3) is 0 Å². The second kappa shape index (κ2) is 15.6. The first-order valence-electron chi connectivity index (χ1n) is 17.3. The van der Waals surface area contributed by atoms with E-state index in [1.807, 2.05) is 35.2 Å².